The molecule has 0 aromatic heterocycles. The first-order chi connectivity index (χ1) is 17.3. The second-order valence-corrected chi connectivity index (χ2v) is 11.3. The maximum Gasteiger partial charge on any atom is 0.244 e. The summed E-state index contributed by atoms with van der Waals surface area (Å²) in [5.41, 5.74) is 0.759. The molecule has 1 N–H and O–H groups in total. The lowest BCUT2D eigenvalue weighted by Gasteiger charge is -2.32. The third-order valence-electron chi connectivity index (χ3n) is 5.86. The van der Waals surface area contributed by atoms with E-state index >= 15 is 0 Å². The maximum atomic E-state index is 13.6. The first-order valence-electron chi connectivity index (χ1n) is 11.6. The van der Waals surface area contributed by atoms with E-state index in [1.165, 1.54) is 37.3 Å². The minimum absolute atomic E-state index is 0.0343. The summed E-state index contributed by atoms with van der Waals surface area (Å²) in [5.74, 6) is -0.268. The number of anilines is 1. The molecule has 0 aliphatic rings. The minimum Gasteiger partial charge on any atom is -0.493 e. The number of hydrogen-bond donors (Lipinski definition) is 1. The van der Waals surface area contributed by atoms with Crippen molar-refractivity contribution in [1.82, 2.24) is 10.2 Å². The molecule has 0 saturated carbocycles. The van der Waals surface area contributed by atoms with Crippen LogP contribution in [-0.2, 0) is 26.2 Å². The topological polar surface area (TPSA) is 105 Å². The van der Waals surface area contributed by atoms with E-state index in [9.17, 15) is 18.0 Å². The standard InChI is InChI=1S/C25H33Cl2N3O6S/c1-7-16(2)28-25(32)17(3)29(14-18-8-9-19(26)12-21(18)27)24(31)15-30(37(6,33)34)20-10-11-22(35-4)23(13-20)36-5/h8-13,16-17H,7,14-15H2,1-6H3,(H,28,32)/t16-,17+/m1/s1. The third kappa shape index (κ3) is 8.15. The summed E-state index contributed by atoms with van der Waals surface area (Å²) in [6, 6.07) is 8.32. The Morgan fingerprint density at radius 2 is 1.68 bits per heavy atom. The van der Waals surface area contributed by atoms with Gasteiger partial charge in [0.2, 0.25) is 21.8 Å². The Hall–Kier alpha value is -2.69. The van der Waals surface area contributed by atoms with Crippen molar-refractivity contribution in [3.8, 4) is 11.5 Å². The van der Waals surface area contributed by atoms with E-state index in [4.69, 9.17) is 32.7 Å². The lowest BCUT2D eigenvalue weighted by molar-refractivity contribution is -0.139. The number of amides is 2. The van der Waals surface area contributed by atoms with Crippen molar-refractivity contribution in [1.29, 1.82) is 0 Å². The highest BCUT2D eigenvalue weighted by Crippen LogP contribution is 2.32. The molecule has 0 heterocycles. The van der Waals surface area contributed by atoms with Crippen LogP contribution in [0.1, 0.15) is 32.8 Å². The van der Waals surface area contributed by atoms with E-state index in [-0.39, 0.29) is 24.2 Å². The van der Waals surface area contributed by atoms with Gasteiger partial charge in [-0.3, -0.25) is 13.9 Å². The summed E-state index contributed by atoms with van der Waals surface area (Å²) in [6.45, 7) is 4.78. The van der Waals surface area contributed by atoms with Crippen molar-refractivity contribution in [2.75, 3.05) is 31.3 Å². The SMILES string of the molecule is CC[C@@H](C)NC(=O)[C@H](C)N(Cc1ccc(Cl)cc1Cl)C(=O)CN(c1ccc(OC)c(OC)c1)S(C)(=O)=O. The van der Waals surface area contributed by atoms with Gasteiger partial charge >= 0.3 is 0 Å². The van der Waals surface area contributed by atoms with E-state index in [1.54, 1.807) is 25.1 Å². The number of nitrogens with zero attached hydrogens (tertiary/aromatic N) is 2. The molecule has 0 spiro atoms. The molecule has 0 bridgehead atoms. The number of hydrogen-bond acceptors (Lipinski definition) is 6. The summed E-state index contributed by atoms with van der Waals surface area (Å²) in [5, 5.41) is 3.61. The van der Waals surface area contributed by atoms with E-state index in [2.05, 4.69) is 5.32 Å². The van der Waals surface area contributed by atoms with Gasteiger partial charge in [0.15, 0.2) is 11.5 Å². The molecule has 2 aromatic carbocycles. The number of benzene rings is 2. The Balaban J connectivity index is 2.47. The van der Waals surface area contributed by atoms with Gasteiger partial charge in [0.25, 0.3) is 0 Å². The molecule has 2 aromatic rings. The first-order valence-corrected chi connectivity index (χ1v) is 14.2. The van der Waals surface area contributed by atoms with Crippen LogP contribution in [0.3, 0.4) is 0 Å². The van der Waals surface area contributed by atoms with Gasteiger partial charge < -0.3 is 19.7 Å². The van der Waals surface area contributed by atoms with Crippen molar-refractivity contribution >= 4 is 50.7 Å². The number of ether oxygens (including phenoxy) is 2. The molecule has 2 amide bonds. The molecule has 12 heteroatoms. The summed E-state index contributed by atoms with van der Waals surface area (Å²) in [6.07, 6.45) is 1.70. The maximum absolute atomic E-state index is 13.6. The van der Waals surface area contributed by atoms with Crippen molar-refractivity contribution in [2.24, 2.45) is 0 Å². The third-order valence-corrected chi connectivity index (χ3v) is 7.59. The van der Waals surface area contributed by atoms with Crippen LogP contribution in [-0.4, -0.2) is 64.2 Å². The number of nitrogens with one attached hydrogen (secondary N) is 1. The molecule has 0 saturated heterocycles. The smallest absolute Gasteiger partial charge is 0.244 e. The Labute approximate surface area is 228 Å². The van der Waals surface area contributed by atoms with Crippen LogP contribution < -0.4 is 19.1 Å². The van der Waals surface area contributed by atoms with Gasteiger partial charge in [-0.05, 0) is 50.1 Å². The molecule has 37 heavy (non-hydrogen) atoms. The molecule has 0 fully saturated rings. The van der Waals surface area contributed by atoms with E-state index in [1.807, 2.05) is 13.8 Å². The number of carbonyl (C=O) groups is 2. The second kappa shape index (κ2) is 13.2. The van der Waals surface area contributed by atoms with Crippen LogP contribution in [0.2, 0.25) is 10.0 Å². The summed E-state index contributed by atoms with van der Waals surface area (Å²) < 4.78 is 37.0. The zero-order valence-electron chi connectivity index (χ0n) is 21.7. The summed E-state index contributed by atoms with van der Waals surface area (Å²) in [7, 11) is -1.02. The predicted molar refractivity (Wildman–Crippen MR) is 146 cm³/mol. The lowest BCUT2D eigenvalue weighted by Crippen LogP contribution is -2.52. The molecule has 0 aliphatic heterocycles. The zero-order chi connectivity index (χ0) is 27.9. The van der Waals surface area contributed by atoms with Gasteiger partial charge in [-0.25, -0.2) is 8.42 Å². The number of sulfonamides is 1. The fraction of sp³-hybridized carbons (Fsp3) is 0.440. The predicted octanol–water partition coefficient (Wildman–Crippen LogP) is 4.11. The number of halogens is 2. The molecular formula is C25H33Cl2N3O6S. The fourth-order valence-electron chi connectivity index (χ4n) is 3.48. The van der Waals surface area contributed by atoms with Gasteiger partial charge in [0, 0.05) is 28.7 Å². The summed E-state index contributed by atoms with van der Waals surface area (Å²) >= 11 is 12.4. The zero-order valence-corrected chi connectivity index (χ0v) is 24.1. The van der Waals surface area contributed by atoms with E-state index < -0.39 is 28.5 Å². The Bertz CT molecular complexity index is 1220. The molecule has 204 valence electrons. The van der Waals surface area contributed by atoms with Gasteiger partial charge in [0.1, 0.15) is 12.6 Å². The van der Waals surface area contributed by atoms with Gasteiger partial charge in [-0.15, -0.1) is 0 Å². The highest BCUT2D eigenvalue weighted by molar-refractivity contribution is 7.92. The van der Waals surface area contributed by atoms with E-state index in [0.717, 1.165) is 10.6 Å². The van der Waals surface area contributed by atoms with Gasteiger partial charge in [-0.1, -0.05) is 36.2 Å². The Morgan fingerprint density at radius 1 is 1.03 bits per heavy atom. The quantitative estimate of drug-likeness (QED) is 0.409. The summed E-state index contributed by atoms with van der Waals surface area (Å²) in [4.78, 5) is 27.9. The van der Waals surface area contributed by atoms with Crippen molar-refractivity contribution in [3.63, 3.8) is 0 Å². The number of carbonyl (C=O) groups excluding carboxylic acids is 2. The lowest BCUT2D eigenvalue weighted by atomic mass is 10.1. The van der Waals surface area contributed by atoms with Gasteiger partial charge in [-0.2, -0.15) is 0 Å². The van der Waals surface area contributed by atoms with E-state index in [0.29, 0.717) is 33.5 Å². The van der Waals surface area contributed by atoms with Crippen LogP contribution in [0.25, 0.3) is 0 Å². The Morgan fingerprint density at radius 3 is 2.22 bits per heavy atom. The monoisotopic (exact) mass is 573 g/mol. The number of methoxy groups -OCH3 is 2. The highest BCUT2D eigenvalue weighted by Gasteiger charge is 2.31. The van der Waals surface area contributed by atoms with Crippen LogP contribution in [0.4, 0.5) is 5.69 Å². The van der Waals surface area contributed by atoms with Crippen LogP contribution >= 0.6 is 23.2 Å². The van der Waals surface area contributed by atoms with Crippen LogP contribution in [0, 0.1) is 0 Å². The molecular weight excluding hydrogens is 541 g/mol. The first kappa shape index (κ1) is 30.5. The molecule has 0 unspecified atom stereocenters. The largest absolute Gasteiger partial charge is 0.493 e. The minimum atomic E-state index is -3.90. The highest BCUT2D eigenvalue weighted by atomic mass is 35.5. The van der Waals surface area contributed by atoms with Crippen LogP contribution in [0.15, 0.2) is 36.4 Å². The average Bonchev–Trinajstić information content (AvgIpc) is 2.84. The van der Waals surface area contributed by atoms with Crippen molar-refractivity contribution in [2.45, 2.75) is 45.8 Å². The average molecular weight is 575 g/mol. The van der Waals surface area contributed by atoms with Crippen molar-refractivity contribution < 1.29 is 27.5 Å². The van der Waals surface area contributed by atoms with Gasteiger partial charge in [0.05, 0.1) is 26.2 Å². The van der Waals surface area contributed by atoms with Crippen LogP contribution in [0.5, 0.6) is 11.5 Å². The van der Waals surface area contributed by atoms with Crippen molar-refractivity contribution in [3.05, 3.63) is 52.0 Å². The fourth-order valence-corrected chi connectivity index (χ4v) is 4.79. The normalized spacial score (nSPS) is 12.9. The molecule has 2 atom stereocenters. The Kier molecular flexibility index (Phi) is 10.9. The second-order valence-electron chi connectivity index (χ2n) is 8.56. The molecule has 2 rings (SSSR count). The molecule has 0 aliphatic carbocycles. The number of rotatable bonds is 12. The molecule has 9 nitrogen and oxygen atoms in total. The molecule has 0 radical (unpaired) electrons.